The first kappa shape index (κ1) is 14.9. The molecule has 1 aromatic carbocycles. The van der Waals surface area contributed by atoms with Gasteiger partial charge in [0.2, 0.25) is 0 Å². The Morgan fingerprint density at radius 3 is 3.08 bits per heavy atom. The van der Waals surface area contributed by atoms with E-state index in [1.54, 1.807) is 0 Å². The number of hydrogen-bond donors (Lipinski definition) is 1. The first-order valence-electron chi connectivity index (χ1n) is 8.20. The van der Waals surface area contributed by atoms with Crippen LogP contribution in [-0.2, 0) is 13.1 Å². The standard InChI is InChI=1S/C17H20N4O3/c22-17(20-7-8-21-12-18-9-13(21)10-20)19-6-5-14-11-23-15-3-1-2-4-16(15)24-14/h1-4,9,12,14H,5-8,10-11H2,(H,19,22)/t14-/m0/s1. The van der Waals surface area contributed by atoms with Gasteiger partial charge in [0.25, 0.3) is 0 Å². The Labute approximate surface area is 140 Å². The SMILES string of the molecule is O=C(NCC[C@H]1COc2ccccc2O1)N1CCn2cncc2C1. The molecule has 0 bridgehead atoms. The number of urea groups is 1. The second-order valence-electron chi connectivity index (χ2n) is 6.02. The summed E-state index contributed by atoms with van der Waals surface area (Å²) in [4.78, 5) is 18.2. The number of nitrogens with zero attached hydrogens (tertiary/aromatic N) is 3. The predicted octanol–water partition coefficient (Wildman–Crippen LogP) is 1.64. The van der Waals surface area contributed by atoms with Gasteiger partial charge >= 0.3 is 6.03 Å². The van der Waals surface area contributed by atoms with E-state index in [9.17, 15) is 4.79 Å². The summed E-state index contributed by atoms with van der Waals surface area (Å²) in [5, 5.41) is 2.97. The van der Waals surface area contributed by atoms with Crippen molar-refractivity contribution in [1.82, 2.24) is 19.8 Å². The molecule has 7 heteroatoms. The quantitative estimate of drug-likeness (QED) is 0.930. The van der Waals surface area contributed by atoms with Gasteiger partial charge in [-0.1, -0.05) is 12.1 Å². The fourth-order valence-electron chi connectivity index (χ4n) is 3.01. The van der Waals surface area contributed by atoms with Gasteiger partial charge in [-0.3, -0.25) is 0 Å². The highest BCUT2D eigenvalue weighted by molar-refractivity contribution is 5.74. The number of amides is 2. The number of rotatable bonds is 3. The topological polar surface area (TPSA) is 68.6 Å². The summed E-state index contributed by atoms with van der Waals surface area (Å²) >= 11 is 0. The van der Waals surface area contributed by atoms with Crippen molar-refractivity contribution in [2.45, 2.75) is 25.6 Å². The van der Waals surface area contributed by atoms with E-state index in [0.29, 0.717) is 32.7 Å². The van der Waals surface area contributed by atoms with E-state index in [1.165, 1.54) is 0 Å². The van der Waals surface area contributed by atoms with Gasteiger partial charge in [-0.25, -0.2) is 9.78 Å². The molecule has 0 saturated carbocycles. The Kier molecular flexibility index (Phi) is 3.98. The highest BCUT2D eigenvalue weighted by atomic mass is 16.6. The van der Waals surface area contributed by atoms with E-state index in [-0.39, 0.29) is 12.1 Å². The summed E-state index contributed by atoms with van der Waals surface area (Å²) in [6, 6.07) is 7.60. The van der Waals surface area contributed by atoms with E-state index in [1.807, 2.05) is 41.7 Å². The van der Waals surface area contributed by atoms with E-state index < -0.39 is 0 Å². The number of fused-ring (bicyclic) bond motifs is 2. The highest BCUT2D eigenvalue weighted by Gasteiger charge is 2.22. The van der Waals surface area contributed by atoms with Crippen LogP contribution >= 0.6 is 0 Å². The summed E-state index contributed by atoms with van der Waals surface area (Å²) in [5.74, 6) is 1.55. The van der Waals surface area contributed by atoms with Crippen molar-refractivity contribution < 1.29 is 14.3 Å². The maximum Gasteiger partial charge on any atom is 0.317 e. The normalized spacial score (nSPS) is 18.8. The molecular weight excluding hydrogens is 308 g/mol. The zero-order valence-corrected chi connectivity index (χ0v) is 13.4. The summed E-state index contributed by atoms with van der Waals surface area (Å²) in [6.07, 6.45) is 4.29. The lowest BCUT2D eigenvalue weighted by molar-refractivity contribution is 0.0848. The maximum absolute atomic E-state index is 12.3. The molecule has 2 aromatic rings. The van der Waals surface area contributed by atoms with Crippen LogP contribution in [0.3, 0.4) is 0 Å². The van der Waals surface area contributed by atoms with Gasteiger partial charge in [0, 0.05) is 32.3 Å². The first-order valence-corrected chi connectivity index (χ1v) is 8.20. The van der Waals surface area contributed by atoms with Gasteiger partial charge in [-0.05, 0) is 12.1 Å². The summed E-state index contributed by atoms with van der Waals surface area (Å²) in [7, 11) is 0. The third-order valence-corrected chi connectivity index (χ3v) is 4.36. The lowest BCUT2D eigenvalue weighted by Crippen LogP contribution is -2.45. The van der Waals surface area contributed by atoms with Crippen molar-refractivity contribution in [1.29, 1.82) is 0 Å². The number of carbonyl (C=O) groups is 1. The second-order valence-corrected chi connectivity index (χ2v) is 6.02. The van der Waals surface area contributed by atoms with Gasteiger partial charge < -0.3 is 24.3 Å². The summed E-state index contributed by atoms with van der Waals surface area (Å²) in [5.41, 5.74) is 1.07. The molecule has 0 radical (unpaired) electrons. The van der Waals surface area contributed by atoms with Crippen molar-refractivity contribution in [2.75, 3.05) is 19.7 Å². The molecule has 0 unspecified atom stereocenters. The Hall–Kier alpha value is -2.70. The Bertz CT molecular complexity index is 730. The minimum atomic E-state index is -0.0421. The molecule has 2 aliphatic rings. The minimum Gasteiger partial charge on any atom is -0.486 e. The predicted molar refractivity (Wildman–Crippen MR) is 87.0 cm³/mol. The van der Waals surface area contributed by atoms with E-state index in [2.05, 4.69) is 14.9 Å². The minimum absolute atomic E-state index is 0.0389. The van der Waals surface area contributed by atoms with Crippen LogP contribution in [0.25, 0.3) is 0 Å². The van der Waals surface area contributed by atoms with Crippen LogP contribution in [0.15, 0.2) is 36.8 Å². The molecule has 0 fully saturated rings. The zero-order valence-electron chi connectivity index (χ0n) is 13.4. The molecule has 2 amide bonds. The smallest absolute Gasteiger partial charge is 0.317 e. The van der Waals surface area contributed by atoms with Crippen LogP contribution in [-0.4, -0.2) is 46.3 Å². The number of benzene rings is 1. The van der Waals surface area contributed by atoms with E-state index in [0.717, 1.165) is 23.7 Å². The molecule has 1 aromatic heterocycles. The number of aromatic nitrogens is 2. The van der Waals surface area contributed by atoms with Crippen LogP contribution in [0.1, 0.15) is 12.1 Å². The van der Waals surface area contributed by atoms with Crippen LogP contribution in [0.4, 0.5) is 4.79 Å². The van der Waals surface area contributed by atoms with Crippen molar-refractivity contribution in [3.8, 4) is 11.5 Å². The molecule has 4 rings (SSSR count). The Morgan fingerprint density at radius 2 is 2.17 bits per heavy atom. The molecule has 24 heavy (non-hydrogen) atoms. The number of carbonyl (C=O) groups excluding carboxylic acids is 1. The summed E-state index contributed by atoms with van der Waals surface area (Å²) in [6.45, 7) is 3.16. The van der Waals surface area contributed by atoms with Gasteiger partial charge in [0.1, 0.15) is 12.7 Å². The van der Waals surface area contributed by atoms with E-state index >= 15 is 0 Å². The van der Waals surface area contributed by atoms with Crippen molar-refractivity contribution >= 4 is 6.03 Å². The fourth-order valence-corrected chi connectivity index (χ4v) is 3.01. The Morgan fingerprint density at radius 1 is 1.29 bits per heavy atom. The monoisotopic (exact) mass is 328 g/mol. The highest BCUT2D eigenvalue weighted by Crippen LogP contribution is 2.31. The average Bonchev–Trinajstić information content (AvgIpc) is 3.09. The van der Waals surface area contributed by atoms with Gasteiger partial charge in [-0.2, -0.15) is 0 Å². The van der Waals surface area contributed by atoms with Crippen LogP contribution in [0.5, 0.6) is 11.5 Å². The number of hydrogen-bond acceptors (Lipinski definition) is 4. The van der Waals surface area contributed by atoms with E-state index in [4.69, 9.17) is 9.47 Å². The zero-order chi connectivity index (χ0) is 16.4. The molecule has 7 nitrogen and oxygen atoms in total. The number of nitrogens with one attached hydrogen (secondary N) is 1. The van der Waals surface area contributed by atoms with Crippen LogP contribution in [0.2, 0.25) is 0 Å². The van der Waals surface area contributed by atoms with Gasteiger partial charge in [0.05, 0.1) is 18.6 Å². The lowest BCUT2D eigenvalue weighted by atomic mass is 10.2. The molecule has 126 valence electrons. The van der Waals surface area contributed by atoms with Crippen LogP contribution < -0.4 is 14.8 Å². The molecular formula is C17H20N4O3. The third kappa shape index (κ3) is 3.02. The van der Waals surface area contributed by atoms with Gasteiger partial charge in [0.15, 0.2) is 11.5 Å². The van der Waals surface area contributed by atoms with Crippen LogP contribution in [0, 0.1) is 0 Å². The maximum atomic E-state index is 12.3. The molecule has 1 N–H and O–H groups in total. The molecule has 0 saturated heterocycles. The molecule has 0 aliphatic carbocycles. The molecule has 1 atom stereocenters. The number of ether oxygens (including phenoxy) is 2. The number of imidazole rings is 1. The van der Waals surface area contributed by atoms with Gasteiger partial charge in [-0.15, -0.1) is 0 Å². The lowest BCUT2D eigenvalue weighted by Gasteiger charge is -2.29. The second kappa shape index (κ2) is 6.43. The molecule has 3 heterocycles. The first-order chi connectivity index (χ1) is 11.8. The molecule has 0 spiro atoms. The number of para-hydroxylation sites is 2. The van der Waals surface area contributed by atoms with Crippen molar-refractivity contribution in [3.63, 3.8) is 0 Å². The fraction of sp³-hybridized carbons (Fsp3) is 0.412. The third-order valence-electron chi connectivity index (χ3n) is 4.36. The Balaban J connectivity index is 1.24. The summed E-state index contributed by atoms with van der Waals surface area (Å²) < 4.78 is 13.7. The average molecular weight is 328 g/mol. The largest absolute Gasteiger partial charge is 0.486 e. The van der Waals surface area contributed by atoms with Crippen molar-refractivity contribution in [3.05, 3.63) is 42.5 Å². The van der Waals surface area contributed by atoms with Crippen molar-refractivity contribution in [2.24, 2.45) is 0 Å². The molecule has 2 aliphatic heterocycles.